The van der Waals surface area contributed by atoms with Crippen molar-refractivity contribution in [3.8, 4) is 0 Å². The smallest absolute Gasteiger partial charge is 0.257 e. The molecule has 0 bridgehead atoms. The van der Waals surface area contributed by atoms with Crippen molar-refractivity contribution in [2.75, 3.05) is 35.8 Å². The molecule has 1 atom stereocenters. The molecule has 1 saturated heterocycles. The second-order valence-corrected chi connectivity index (χ2v) is 9.04. The highest BCUT2D eigenvalue weighted by molar-refractivity contribution is 6.33. The van der Waals surface area contributed by atoms with Gasteiger partial charge < -0.3 is 15.1 Å². The number of rotatable bonds is 6. The molecule has 1 fully saturated rings. The number of hydrogen-bond donors (Lipinski definition) is 1. The molecule has 0 saturated carbocycles. The topological polar surface area (TPSA) is 73.0 Å². The monoisotopic (exact) mass is 454 g/mol. The molecule has 2 heterocycles. The van der Waals surface area contributed by atoms with Crippen LogP contribution in [0.5, 0.6) is 0 Å². The van der Waals surface area contributed by atoms with Gasteiger partial charge in [-0.1, -0.05) is 23.7 Å². The summed E-state index contributed by atoms with van der Waals surface area (Å²) in [6, 6.07) is 12.6. The van der Waals surface area contributed by atoms with E-state index in [-0.39, 0.29) is 24.1 Å². The van der Waals surface area contributed by atoms with E-state index in [1.165, 1.54) is 0 Å². The van der Waals surface area contributed by atoms with Crippen molar-refractivity contribution in [1.82, 2.24) is 4.90 Å². The maximum absolute atomic E-state index is 13.2. The van der Waals surface area contributed by atoms with Crippen molar-refractivity contribution < 1.29 is 14.4 Å². The SMILES string of the molecule is CN(C)c1ccc(NC(=O)CCCN2C(=O)c3ccccc3N3C(=O)CCC23C)cc1Cl. The Morgan fingerprint density at radius 1 is 1.19 bits per heavy atom. The van der Waals surface area contributed by atoms with Crippen molar-refractivity contribution in [2.24, 2.45) is 0 Å². The van der Waals surface area contributed by atoms with E-state index in [2.05, 4.69) is 5.32 Å². The van der Waals surface area contributed by atoms with Gasteiger partial charge in [0.15, 0.2) is 0 Å². The van der Waals surface area contributed by atoms with E-state index >= 15 is 0 Å². The Bertz CT molecular complexity index is 1090. The second kappa shape index (κ2) is 8.47. The van der Waals surface area contributed by atoms with Crippen LogP contribution in [0, 0.1) is 0 Å². The highest BCUT2D eigenvalue weighted by Crippen LogP contribution is 2.44. The van der Waals surface area contributed by atoms with Crippen LogP contribution in [0.3, 0.4) is 0 Å². The largest absolute Gasteiger partial charge is 0.376 e. The number of nitrogens with one attached hydrogen (secondary N) is 1. The Hall–Kier alpha value is -3.06. The average Bonchev–Trinajstić information content (AvgIpc) is 3.05. The molecule has 4 rings (SSSR count). The summed E-state index contributed by atoms with van der Waals surface area (Å²) in [4.78, 5) is 43.7. The highest BCUT2D eigenvalue weighted by Gasteiger charge is 2.52. The quantitative estimate of drug-likeness (QED) is 0.712. The Balaban J connectivity index is 1.42. The van der Waals surface area contributed by atoms with Crippen LogP contribution in [0.2, 0.25) is 5.02 Å². The average molecular weight is 455 g/mol. The molecule has 8 heteroatoms. The van der Waals surface area contributed by atoms with Gasteiger partial charge in [-0.25, -0.2) is 0 Å². The molecular weight excluding hydrogens is 428 g/mol. The van der Waals surface area contributed by atoms with Crippen LogP contribution in [0.25, 0.3) is 0 Å². The van der Waals surface area contributed by atoms with E-state index in [4.69, 9.17) is 11.6 Å². The van der Waals surface area contributed by atoms with E-state index in [0.29, 0.717) is 47.8 Å². The molecule has 2 aromatic carbocycles. The number of hydrogen-bond acceptors (Lipinski definition) is 4. The number of carbonyl (C=O) groups is 3. The molecule has 1 unspecified atom stereocenters. The Kier molecular flexibility index (Phi) is 5.86. The molecule has 32 heavy (non-hydrogen) atoms. The van der Waals surface area contributed by atoms with Crippen LogP contribution in [-0.2, 0) is 9.59 Å². The van der Waals surface area contributed by atoms with Crippen molar-refractivity contribution in [1.29, 1.82) is 0 Å². The van der Waals surface area contributed by atoms with Gasteiger partial charge >= 0.3 is 0 Å². The highest BCUT2D eigenvalue weighted by atomic mass is 35.5. The third kappa shape index (κ3) is 3.81. The molecule has 2 aliphatic rings. The molecule has 0 aliphatic carbocycles. The number of halogens is 1. The number of carbonyl (C=O) groups excluding carboxylic acids is 3. The molecule has 0 radical (unpaired) electrons. The first-order valence-corrected chi connectivity index (χ1v) is 11.1. The molecular formula is C24H27ClN4O3. The Labute approximate surface area is 192 Å². The zero-order valence-electron chi connectivity index (χ0n) is 18.5. The fraction of sp³-hybridized carbons (Fsp3) is 0.375. The van der Waals surface area contributed by atoms with Gasteiger partial charge in [0.1, 0.15) is 5.66 Å². The predicted octanol–water partition coefficient (Wildman–Crippen LogP) is 4.12. The third-order valence-corrected chi connectivity index (χ3v) is 6.55. The van der Waals surface area contributed by atoms with E-state index in [1.54, 1.807) is 28.0 Å². The molecule has 0 aromatic heterocycles. The van der Waals surface area contributed by atoms with Gasteiger partial charge in [0.25, 0.3) is 5.91 Å². The lowest BCUT2D eigenvalue weighted by molar-refractivity contribution is -0.118. The number of para-hydroxylation sites is 1. The predicted molar refractivity (Wildman–Crippen MR) is 126 cm³/mol. The lowest BCUT2D eigenvalue weighted by atomic mass is 9.98. The van der Waals surface area contributed by atoms with Crippen LogP contribution in [0.15, 0.2) is 42.5 Å². The van der Waals surface area contributed by atoms with Gasteiger partial charge in [0.2, 0.25) is 11.8 Å². The number of fused-ring (bicyclic) bond motifs is 3. The minimum atomic E-state index is -0.700. The van der Waals surface area contributed by atoms with Crippen LogP contribution < -0.4 is 15.1 Å². The molecule has 3 amide bonds. The number of benzene rings is 2. The van der Waals surface area contributed by atoms with Crippen LogP contribution >= 0.6 is 11.6 Å². The second-order valence-electron chi connectivity index (χ2n) is 8.63. The lowest BCUT2D eigenvalue weighted by Gasteiger charge is -2.48. The minimum Gasteiger partial charge on any atom is -0.376 e. The van der Waals surface area contributed by atoms with Gasteiger partial charge in [0, 0.05) is 39.2 Å². The first-order chi connectivity index (χ1) is 15.2. The van der Waals surface area contributed by atoms with E-state index in [9.17, 15) is 14.4 Å². The summed E-state index contributed by atoms with van der Waals surface area (Å²) < 4.78 is 0. The number of amides is 3. The summed E-state index contributed by atoms with van der Waals surface area (Å²) in [7, 11) is 3.80. The summed E-state index contributed by atoms with van der Waals surface area (Å²) in [6.45, 7) is 2.32. The zero-order valence-corrected chi connectivity index (χ0v) is 19.3. The summed E-state index contributed by atoms with van der Waals surface area (Å²) in [5, 5.41) is 3.43. The fourth-order valence-electron chi connectivity index (χ4n) is 4.61. The molecule has 1 N–H and O–H groups in total. The van der Waals surface area contributed by atoms with Crippen molar-refractivity contribution in [3.05, 3.63) is 53.1 Å². The Morgan fingerprint density at radius 2 is 1.94 bits per heavy atom. The summed E-state index contributed by atoms with van der Waals surface area (Å²) >= 11 is 6.28. The fourth-order valence-corrected chi connectivity index (χ4v) is 4.96. The molecule has 168 valence electrons. The van der Waals surface area contributed by atoms with Gasteiger partial charge in [-0.15, -0.1) is 0 Å². The molecule has 7 nitrogen and oxygen atoms in total. The number of nitrogens with zero attached hydrogens (tertiary/aromatic N) is 3. The molecule has 2 aromatic rings. The van der Waals surface area contributed by atoms with Crippen LogP contribution in [0.4, 0.5) is 17.1 Å². The van der Waals surface area contributed by atoms with Crippen LogP contribution in [-0.4, -0.2) is 48.9 Å². The van der Waals surface area contributed by atoms with Gasteiger partial charge in [-0.2, -0.15) is 0 Å². The molecule has 2 aliphatic heterocycles. The van der Waals surface area contributed by atoms with E-state index in [1.807, 2.05) is 50.2 Å². The third-order valence-electron chi connectivity index (χ3n) is 6.24. The first-order valence-electron chi connectivity index (χ1n) is 10.7. The Morgan fingerprint density at radius 3 is 2.66 bits per heavy atom. The summed E-state index contributed by atoms with van der Waals surface area (Å²) in [5.74, 6) is -0.221. The van der Waals surface area contributed by atoms with Crippen LogP contribution in [0.1, 0.15) is 43.0 Å². The summed E-state index contributed by atoms with van der Waals surface area (Å²) in [5.41, 5.74) is 2.01. The maximum Gasteiger partial charge on any atom is 0.257 e. The van der Waals surface area contributed by atoms with Crippen molar-refractivity contribution in [3.63, 3.8) is 0 Å². The van der Waals surface area contributed by atoms with E-state index < -0.39 is 5.66 Å². The number of anilines is 3. The van der Waals surface area contributed by atoms with E-state index in [0.717, 1.165) is 5.69 Å². The first kappa shape index (κ1) is 22.1. The maximum atomic E-state index is 13.2. The molecule has 0 spiro atoms. The minimum absolute atomic E-state index is 0.0215. The lowest BCUT2D eigenvalue weighted by Crippen LogP contribution is -2.62. The standard InChI is InChI=1S/C24H27ClN4O3/c1-24-13-12-22(31)29(24)19-8-5-4-7-17(19)23(32)28(24)14-6-9-21(30)26-16-10-11-20(27(2)3)18(25)15-16/h4-5,7-8,10-11,15H,6,9,12-14H2,1-3H3,(H,26,30). The summed E-state index contributed by atoms with van der Waals surface area (Å²) in [6.07, 6.45) is 1.72. The van der Waals surface area contributed by atoms with Gasteiger partial charge in [-0.3, -0.25) is 19.3 Å². The normalized spacial score (nSPS) is 19.6. The van der Waals surface area contributed by atoms with Gasteiger partial charge in [0.05, 0.1) is 22.0 Å². The van der Waals surface area contributed by atoms with Crippen molar-refractivity contribution >= 4 is 46.4 Å². The van der Waals surface area contributed by atoms with Gasteiger partial charge in [-0.05, 0) is 50.1 Å². The van der Waals surface area contributed by atoms with Crippen molar-refractivity contribution in [2.45, 2.75) is 38.3 Å². The zero-order chi connectivity index (χ0) is 23.0.